The smallest absolute Gasteiger partial charge is 0.256 e. The zero-order valence-electron chi connectivity index (χ0n) is 12.8. The summed E-state index contributed by atoms with van der Waals surface area (Å²) in [7, 11) is 3.26. The summed E-state index contributed by atoms with van der Waals surface area (Å²) in [6.45, 7) is 0. The van der Waals surface area contributed by atoms with Gasteiger partial charge in [0.15, 0.2) is 0 Å². The van der Waals surface area contributed by atoms with Gasteiger partial charge in [0.05, 0.1) is 12.7 Å². The van der Waals surface area contributed by atoms with E-state index in [2.05, 4.69) is 5.32 Å². The van der Waals surface area contributed by atoms with E-state index in [-0.39, 0.29) is 29.9 Å². The first kappa shape index (κ1) is 17.0. The predicted molar refractivity (Wildman–Crippen MR) is 85.3 cm³/mol. The minimum Gasteiger partial charge on any atom is -0.497 e. The summed E-state index contributed by atoms with van der Waals surface area (Å²) in [6, 6.07) is 5.58. The molecule has 4 nitrogen and oxygen atoms in total. The minimum atomic E-state index is -0.525. The molecule has 0 spiro atoms. The van der Waals surface area contributed by atoms with Crippen LogP contribution in [0.3, 0.4) is 0 Å². The average molecular weight is 329 g/mol. The highest BCUT2D eigenvalue weighted by atomic mass is 35.5. The van der Waals surface area contributed by atoms with Crippen LogP contribution in [0.5, 0.6) is 5.75 Å². The van der Waals surface area contributed by atoms with E-state index >= 15 is 0 Å². The summed E-state index contributed by atoms with van der Waals surface area (Å²) in [4.78, 5) is 14.2. The van der Waals surface area contributed by atoms with Gasteiger partial charge < -0.3 is 15.0 Å². The van der Waals surface area contributed by atoms with Gasteiger partial charge in [-0.3, -0.25) is 4.79 Å². The zero-order chi connectivity index (χ0) is 15.0. The van der Waals surface area contributed by atoms with E-state index in [1.807, 2.05) is 0 Å². The Kier molecular flexibility index (Phi) is 5.29. The third kappa shape index (κ3) is 3.20. The van der Waals surface area contributed by atoms with Gasteiger partial charge in [-0.15, -0.1) is 12.4 Å². The largest absolute Gasteiger partial charge is 0.497 e. The van der Waals surface area contributed by atoms with Gasteiger partial charge in [-0.05, 0) is 37.8 Å². The fourth-order valence-electron chi connectivity index (χ4n) is 3.50. The predicted octanol–water partition coefficient (Wildman–Crippen LogP) is 2.61. The van der Waals surface area contributed by atoms with E-state index in [4.69, 9.17) is 4.74 Å². The molecule has 3 rings (SSSR count). The van der Waals surface area contributed by atoms with Crippen LogP contribution in [0.25, 0.3) is 0 Å². The van der Waals surface area contributed by atoms with E-state index in [9.17, 15) is 9.18 Å². The molecule has 2 bridgehead atoms. The maximum Gasteiger partial charge on any atom is 0.256 e. The number of nitrogens with zero attached hydrogens (tertiary/aromatic N) is 1. The Morgan fingerprint density at radius 2 is 1.95 bits per heavy atom. The molecule has 2 atom stereocenters. The average Bonchev–Trinajstić information content (AvgIpc) is 2.84. The van der Waals surface area contributed by atoms with Gasteiger partial charge >= 0.3 is 0 Å². The fourth-order valence-corrected chi connectivity index (χ4v) is 3.50. The second-order valence-electron chi connectivity index (χ2n) is 6.02. The maximum absolute atomic E-state index is 14.0. The van der Waals surface area contributed by atoms with Crippen LogP contribution >= 0.6 is 12.4 Å². The number of fused-ring (bicyclic) bond motifs is 2. The highest BCUT2D eigenvalue weighted by Crippen LogP contribution is 2.30. The van der Waals surface area contributed by atoms with Gasteiger partial charge in [0.25, 0.3) is 5.91 Å². The molecule has 6 heteroatoms. The Balaban J connectivity index is 0.00000176. The Bertz CT molecular complexity index is 543. The molecule has 122 valence electrons. The number of halogens is 2. The molecule has 1 aromatic carbocycles. The first-order chi connectivity index (χ1) is 10.1. The molecular weight excluding hydrogens is 307 g/mol. The van der Waals surface area contributed by atoms with Gasteiger partial charge in [-0.2, -0.15) is 0 Å². The lowest BCUT2D eigenvalue weighted by molar-refractivity contribution is 0.0677. The molecule has 2 fully saturated rings. The van der Waals surface area contributed by atoms with Crippen LogP contribution in [0, 0.1) is 5.82 Å². The van der Waals surface area contributed by atoms with Crippen LogP contribution in [0.2, 0.25) is 0 Å². The molecule has 0 saturated carbocycles. The van der Waals surface area contributed by atoms with Gasteiger partial charge in [0, 0.05) is 31.2 Å². The Labute approximate surface area is 136 Å². The molecule has 0 radical (unpaired) electrons. The number of rotatable bonds is 3. The quantitative estimate of drug-likeness (QED) is 0.927. The monoisotopic (exact) mass is 328 g/mol. The van der Waals surface area contributed by atoms with E-state index in [1.54, 1.807) is 18.0 Å². The van der Waals surface area contributed by atoms with Crippen LogP contribution < -0.4 is 10.1 Å². The molecule has 0 aliphatic carbocycles. The van der Waals surface area contributed by atoms with Crippen molar-refractivity contribution in [2.24, 2.45) is 0 Å². The number of amides is 1. The second-order valence-corrected chi connectivity index (χ2v) is 6.02. The van der Waals surface area contributed by atoms with Crippen LogP contribution in [0.1, 0.15) is 36.0 Å². The van der Waals surface area contributed by atoms with Gasteiger partial charge in [-0.25, -0.2) is 4.39 Å². The lowest BCUT2D eigenvalue weighted by Gasteiger charge is -2.35. The summed E-state index contributed by atoms with van der Waals surface area (Å²) in [6.07, 6.45) is 4.27. The number of carbonyl (C=O) groups is 1. The number of nitrogens with one attached hydrogen (secondary N) is 1. The van der Waals surface area contributed by atoms with Crippen molar-refractivity contribution in [1.29, 1.82) is 0 Å². The van der Waals surface area contributed by atoms with E-state index < -0.39 is 5.82 Å². The molecule has 0 aromatic heterocycles. The van der Waals surface area contributed by atoms with Crippen LogP contribution in [-0.2, 0) is 0 Å². The van der Waals surface area contributed by atoms with Crippen molar-refractivity contribution in [2.45, 2.75) is 43.8 Å². The summed E-state index contributed by atoms with van der Waals surface area (Å²) in [5, 5.41) is 3.55. The van der Waals surface area contributed by atoms with Crippen LogP contribution in [0.15, 0.2) is 18.2 Å². The molecule has 1 amide bonds. The molecule has 22 heavy (non-hydrogen) atoms. The summed E-state index contributed by atoms with van der Waals surface area (Å²) < 4.78 is 19.0. The Hall–Kier alpha value is -1.33. The summed E-state index contributed by atoms with van der Waals surface area (Å²) in [5.41, 5.74) is 0.115. The van der Waals surface area contributed by atoms with Crippen molar-refractivity contribution >= 4 is 18.3 Å². The van der Waals surface area contributed by atoms with Crippen molar-refractivity contribution in [3.63, 3.8) is 0 Å². The Morgan fingerprint density at radius 3 is 2.50 bits per heavy atom. The van der Waals surface area contributed by atoms with Gasteiger partial charge in [0.2, 0.25) is 0 Å². The molecule has 2 heterocycles. The van der Waals surface area contributed by atoms with E-state index in [1.165, 1.54) is 32.1 Å². The van der Waals surface area contributed by atoms with Crippen LogP contribution in [0.4, 0.5) is 4.39 Å². The van der Waals surface area contributed by atoms with Crippen molar-refractivity contribution in [3.8, 4) is 5.75 Å². The molecule has 2 unspecified atom stereocenters. The highest BCUT2D eigenvalue weighted by molar-refractivity contribution is 5.94. The molecule has 2 aliphatic heterocycles. The number of methoxy groups -OCH3 is 1. The molecular formula is C16H22ClFN2O2. The first-order valence-corrected chi connectivity index (χ1v) is 7.45. The standard InChI is InChI=1S/C16H21FN2O2.ClH/c1-19(12-7-10-3-4-11(8-12)18-10)16(20)14-6-5-13(21-2)9-15(14)17;/h5-6,9-12,18H,3-4,7-8H2,1-2H3;1H. The molecule has 2 saturated heterocycles. The van der Waals surface area contributed by atoms with Crippen molar-refractivity contribution in [2.75, 3.05) is 14.2 Å². The Morgan fingerprint density at radius 1 is 1.32 bits per heavy atom. The summed E-state index contributed by atoms with van der Waals surface area (Å²) >= 11 is 0. The number of piperidine rings is 1. The molecule has 2 aliphatic rings. The lowest BCUT2D eigenvalue weighted by atomic mass is 9.98. The van der Waals surface area contributed by atoms with Crippen LogP contribution in [-0.4, -0.2) is 43.1 Å². The second kappa shape index (κ2) is 6.84. The van der Waals surface area contributed by atoms with Gasteiger partial charge in [-0.1, -0.05) is 0 Å². The topological polar surface area (TPSA) is 41.6 Å². The van der Waals surface area contributed by atoms with Gasteiger partial charge in [0.1, 0.15) is 11.6 Å². The number of hydrogen-bond acceptors (Lipinski definition) is 3. The zero-order valence-corrected chi connectivity index (χ0v) is 13.7. The number of ether oxygens (including phenoxy) is 1. The van der Waals surface area contributed by atoms with Crippen molar-refractivity contribution < 1.29 is 13.9 Å². The lowest BCUT2D eigenvalue weighted by Crippen LogP contribution is -2.48. The molecule has 1 aromatic rings. The van der Waals surface area contributed by atoms with E-state index in [0.29, 0.717) is 17.8 Å². The van der Waals surface area contributed by atoms with Crippen molar-refractivity contribution in [3.05, 3.63) is 29.6 Å². The number of carbonyl (C=O) groups excluding carboxylic acids is 1. The first-order valence-electron chi connectivity index (χ1n) is 7.45. The van der Waals surface area contributed by atoms with E-state index in [0.717, 1.165) is 12.8 Å². The summed E-state index contributed by atoms with van der Waals surface area (Å²) in [5.74, 6) is -0.351. The molecule has 1 N–H and O–H groups in total. The number of hydrogen-bond donors (Lipinski definition) is 1. The fraction of sp³-hybridized carbons (Fsp3) is 0.562. The third-order valence-electron chi connectivity index (χ3n) is 4.72. The highest BCUT2D eigenvalue weighted by Gasteiger charge is 2.36. The third-order valence-corrected chi connectivity index (χ3v) is 4.72. The maximum atomic E-state index is 14.0. The minimum absolute atomic E-state index is 0. The number of benzene rings is 1. The normalized spacial score (nSPS) is 26.2. The van der Waals surface area contributed by atoms with Crippen molar-refractivity contribution in [1.82, 2.24) is 10.2 Å². The SMILES string of the molecule is COc1ccc(C(=O)N(C)C2CC3CCC(C2)N3)c(F)c1.Cl.